The Hall–Kier alpha value is -1.11. The molecule has 0 spiro atoms. The zero-order valence-corrected chi connectivity index (χ0v) is 16.4. The molecule has 0 aliphatic carbocycles. The summed E-state index contributed by atoms with van der Waals surface area (Å²) in [5.41, 5.74) is 1.37. The third kappa shape index (κ3) is 8.21. The SMILES string of the molecule is CCNC(=NCC(C)c1ccsc1)NCCCOCC1CCOCC1. The molecule has 6 heteroatoms. The summed E-state index contributed by atoms with van der Waals surface area (Å²) >= 11 is 1.74. The van der Waals surface area contributed by atoms with Crippen molar-refractivity contribution in [2.24, 2.45) is 10.9 Å². The normalized spacial score (nSPS) is 17.4. The average Bonchev–Trinajstić information content (AvgIpc) is 3.18. The van der Waals surface area contributed by atoms with Gasteiger partial charge in [-0.25, -0.2) is 0 Å². The summed E-state index contributed by atoms with van der Waals surface area (Å²) in [5, 5.41) is 11.0. The van der Waals surface area contributed by atoms with Crippen molar-refractivity contribution in [3.8, 4) is 0 Å². The third-order valence-electron chi connectivity index (χ3n) is 4.43. The maximum atomic E-state index is 5.81. The van der Waals surface area contributed by atoms with Crippen molar-refractivity contribution in [3.63, 3.8) is 0 Å². The van der Waals surface area contributed by atoms with E-state index in [1.807, 2.05) is 0 Å². The first kappa shape index (κ1) is 20.2. The molecule has 0 aromatic carbocycles. The number of hydrogen-bond acceptors (Lipinski definition) is 4. The zero-order chi connectivity index (χ0) is 17.7. The number of hydrogen-bond donors (Lipinski definition) is 2. The molecule has 0 saturated carbocycles. The molecular formula is C19H33N3O2S. The van der Waals surface area contributed by atoms with Gasteiger partial charge in [0.05, 0.1) is 0 Å². The lowest BCUT2D eigenvalue weighted by Gasteiger charge is -2.21. The largest absolute Gasteiger partial charge is 0.381 e. The topological polar surface area (TPSA) is 54.9 Å². The van der Waals surface area contributed by atoms with Crippen molar-refractivity contribution in [1.82, 2.24) is 10.6 Å². The number of rotatable bonds is 10. The van der Waals surface area contributed by atoms with Crippen LogP contribution in [0.25, 0.3) is 0 Å². The van der Waals surface area contributed by atoms with Crippen LogP contribution in [0.15, 0.2) is 21.8 Å². The maximum Gasteiger partial charge on any atom is 0.191 e. The molecule has 25 heavy (non-hydrogen) atoms. The molecule has 2 rings (SSSR count). The van der Waals surface area contributed by atoms with E-state index in [1.165, 1.54) is 5.56 Å². The second kappa shape index (κ2) is 12.3. The molecule has 1 aliphatic heterocycles. The molecule has 1 fully saturated rings. The second-order valence-corrected chi connectivity index (χ2v) is 7.37. The van der Waals surface area contributed by atoms with Gasteiger partial charge >= 0.3 is 0 Å². The Labute approximate surface area is 156 Å². The predicted molar refractivity (Wildman–Crippen MR) is 106 cm³/mol. The summed E-state index contributed by atoms with van der Waals surface area (Å²) in [5.74, 6) is 2.03. The van der Waals surface area contributed by atoms with Gasteiger partial charge in [-0.15, -0.1) is 0 Å². The summed E-state index contributed by atoms with van der Waals surface area (Å²) in [6.07, 6.45) is 3.27. The molecule has 2 N–H and O–H groups in total. The van der Waals surface area contributed by atoms with E-state index in [0.717, 1.165) is 71.3 Å². The van der Waals surface area contributed by atoms with E-state index in [2.05, 4.69) is 41.3 Å². The fourth-order valence-electron chi connectivity index (χ4n) is 2.77. The fraction of sp³-hybridized carbons (Fsp3) is 0.737. The van der Waals surface area contributed by atoms with Crippen LogP contribution in [0.5, 0.6) is 0 Å². The molecule has 0 amide bonds. The molecule has 2 heterocycles. The van der Waals surface area contributed by atoms with E-state index >= 15 is 0 Å². The first-order valence-corrected chi connectivity index (χ1v) is 10.4. The van der Waals surface area contributed by atoms with Crippen LogP contribution >= 0.6 is 11.3 Å². The lowest BCUT2D eigenvalue weighted by Crippen LogP contribution is -2.38. The monoisotopic (exact) mass is 367 g/mol. The standard InChI is InChI=1S/C19H33N3O2S/c1-3-20-19(22-13-16(2)18-7-12-25-15-18)21-8-4-9-24-14-17-5-10-23-11-6-17/h7,12,15-17H,3-6,8-11,13-14H2,1-2H3,(H2,20,21,22). The number of thiophene rings is 1. The van der Waals surface area contributed by atoms with Gasteiger partial charge in [0.25, 0.3) is 0 Å². The van der Waals surface area contributed by atoms with E-state index in [1.54, 1.807) is 11.3 Å². The van der Waals surface area contributed by atoms with E-state index < -0.39 is 0 Å². The minimum absolute atomic E-state index is 0.449. The van der Waals surface area contributed by atoms with Crippen LogP contribution < -0.4 is 10.6 Å². The molecule has 142 valence electrons. The molecule has 1 aromatic rings. The van der Waals surface area contributed by atoms with Crippen molar-refractivity contribution in [2.75, 3.05) is 46.1 Å². The Bertz CT molecular complexity index is 473. The van der Waals surface area contributed by atoms with E-state index in [4.69, 9.17) is 14.5 Å². The number of nitrogens with zero attached hydrogens (tertiary/aromatic N) is 1. The molecule has 1 aliphatic rings. The van der Waals surface area contributed by atoms with Gasteiger partial charge in [-0.2, -0.15) is 11.3 Å². The quantitative estimate of drug-likeness (QED) is 0.379. The van der Waals surface area contributed by atoms with Gasteiger partial charge in [0.2, 0.25) is 0 Å². The Kier molecular flexibility index (Phi) is 9.92. The van der Waals surface area contributed by atoms with Crippen LogP contribution in [0, 0.1) is 5.92 Å². The first-order chi connectivity index (χ1) is 12.3. The van der Waals surface area contributed by atoms with Crippen molar-refractivity contribution in [3.05, 3.63) is 22.4 Å². The molecule has 1 saturated heterocycles. The smallest absolute Gasteiger partial charge is 0.191 e. The van der Waals surface area contributed by atoms with Gasteiger partial charge in [0.1, 0.15) is 0 Å². The van der Waals surface area contributed by atoms with Crippen molar-refractivity contribution in [2.45, 2.75) is 39.0 Å². The van der Waals surface area contributed by atoms with Gasteiger partial charge in [0, 0.05) is 52.0 Å². The van der Waals surface area contributed by atoms with Crippen LogP contribution in [-0.2, 0) is 9.47 Å². The number of ether oxygens (including phenoxy) is 2. The molecule has 0 bridgehead atoms. The summed E-state index contributed by atoms with van der Waals surface area (Å²) in [7, 11) is 0. The lowest BCUT2D eigenvalue weighted by atomic mass is 10.0. The Morgan fingerprint density at radius 1 is 1.40 bits per heavy atom. The van der Waals surface area contributed by atoms with Gasteiger partial charge in [-0.1, -0.05) is 6.92 Å². The highest BCUT2D eigenvalue weighted by Gasteiger charge is 2.13. The summed E-state index contributed by atoms with van der Waals surface area (Å²) in [4.78, 5) is 4.70. The van der Waals surface area contributed by atoms with Gasteiger partial charge in [-0.3, -0.25) is 4.99 Å². The minimum atomic E-state index is 0.449. The summed E-state index contributed by atoms with van der Waals surface area (Å²) in [6.45, 7) is 10.3. The zero-order valence-electron chi connectivity index (χ0n) is 15.6. The van der Waals surface area contributed by atoms with Gasteiger partial charge < -0.3 is 20.1 Å². The molecule has 0 radical (unpaired) electrons. The molecule has 1 unspecified atom stereocenters. The minimum Gasteiger partial charge on any atom is -0.381 e. The van der Waals surface area contributed by atoms with Crippen molar-refractivity contribution >= 4 is 17.3 Å². The lowest BCUT2D eigenvalue weighted by molar-refractivity contribution is 0.0203. The van der Waals surface area contributed by atoms with Crippen molar-refractivity contribution in [1.29, 1.82) is 0 Å². The fourth-order valence-corrected chi connectivity index (χ4v) is 3.56. The third-order valence-corrected chi connectivity index (χ3v) is 5.13. The highest BCUT2D eigenvalue weighted by molar-refractivity contribution is 7.07. The van der Waals surface area contributed by atoms with E-state index in [-0.39, 0.29) is 0 Å². The van der Waals surface area contributed by atoms with Crippen LogP contribution in [0.4, 0.5) is 0 Å². The summed E-state index contributed by atoms with van der Waals surface area (Å²) < 4.78 is 11.2. The molecular weight excluding hydrogens is 334 g/mol. The number of aliphatic imine (C=N–C) groups is 1. The Morgan fingerprint density at radius 2 is 2.24 bits per heavy atom. The van der Waals surface area contributed by atoms with Crippen LogP contribution in [-0.4, -0.2) is 52.0 Å². The van der Waals surface area contributed by atoms with Gasteiger partial charge in [0.15, 0.2) is 5.96 Å². The maximum absolute atomic E-state index is 5.81. The average molecular weight is 368 g/mol. The highest BCUT2D eigenvalue weighted by atomic mass is 32.1. The van der Waals surface area contributed by atoms with Crippen molar-refractivity contribution < 1.29 is 9.47 Å². The Balaban J connectivity index is 1.59. The summed E-state index contributed by atoms with van der Waals surface area (Å²) in [6, 6.07) is 2.18. The second-order valence-electron chi connectivity index (χ2n) is 6.59. The van der Waals surface area contributed by atoms with E-state index in [9.17, 15) is 0 Å². The van der Waals surface area contributed by atoms with Crippen LogP contribution in [0.1, 0.15) is 44.6 Å². The Morgan fingerprint density at radius 3 is 2.96 bits per heavy atom. The number of guanidine groups is 1. The molecule has 5 nitrogen and oxygen atoms in total. The van der Waals surface area contributed by atoms with Gasteiger partial charge in [-0.05, 0) is 54.5 Å². The first-order valence-electron chi connectivity index (χ1n) is 9.49. The van der Waals surface area contributed by atoms with Crippen LogP contribution in [0.2, 0.25) is 0 Å². The predicted octanol–water partition coefficient (Wildman–Crippen LogP) is 3.24. The highest BCUT2D eigenvalue weighted by Crippen LogP contribution is 2.18. The molecule has 1 atom stereocenters. The molecule has 1 aromatic heterocycles. The van der Waals surface area contributed by atoms with Crippen LogP contribution in [0.3, 0.4) is 0 Å². The number of nitrogens with one attached hydrogen (secondary N) is 2. The van der Waals surface area contributed by atoms with E-state index in [0.29, 0.717) is 11.8 Å².